The summed E-state index contributed by atoms with van der Waals surface area (Å²) in [4.78, 5) is 22.9. The number of nitrogens with one attached hydrogen (secondary N) is 2. The van der Waals surface area contributed by atoms with Gasteiger partial charge < -0.3 is 20.5 Å². The molecular weight excluding hydrogens is 272 g/mol. The number of rotatable bonds is 8. The molecule has 0 aliphatic carbocycles. The SMILES string of the molecule is CC(C)COCCNC(=O)N[C@@H](C(=O)O)c1ccccc1. The Kier molecular flexibility index (Phi) is 7.25. The average molecular weight is 294 g/mol. The van der Waals surface area contributed by atoms with E-state index in [0.29, 0.717) is 31.2 Å². The van der Waals surface area contributed by atoms with E-state index >= 15 is 0 Å². The number of carboxylic acids is 1. The number of carbonyl (C=O) groups is 2. The summed E-state index contributed by atoms with van der Waals surface area (Å²) in [5.74, 6) is -0.666. The van der Waals surface area contributed by atoms with Crippen LogP contribution in [0.15, 0.2) is 30.3 Å². The van der Waals surface area contributed by atoms with Gasteiger partial charge in [0.15, 0.2) is 6.04 Å². The van der Waals surface area contributed by atoms with Crippen molar-refractivity contribution in [3.8, 4) is 0 Å². The van der Waals surface area contributed by atoms with Crippen molar-refractivity contribution in [1.29, 1.82) is 0 Å². The van der Waals surface area contributed by atoms with Crippen LogP contribution >= 0.6 is 0 Å². The number of carboxylic acid groups (broad SMARTS) is 1. The van der Waals surface area contributed by atoms with E-state index in [1.54, 1.807) is 30.3 Å². The minimum atomic E-state index is -1.10. The van der Waals surface area contributed by atoms with E-state index in [1.165, 1.54) is 0 Å². The van der Waals surface area contributed by atoms with Gasteiger partial charge in [0, 0.05) is 13.2 Å². The van der Waals surface area contributed by atoms with E-state index in [0.717, 1.165) is 0 Å². The van der Waals surface area contributed by atoms with Crippen LogP contribution in [0.3, 0.4) is 0 Å². The number of aliphatic carboxylic acids is 1. The third-order valence-corrected chi connectivity index (χ3v) is 2.64. The smallest absolute Gasteiger partial charge is 0.330 e. The molecule has 116 valence electrons. The van der Waals surface area contributed by atoms with Crippen molar-refractivity contribution >= 4 is 12.0 Å². The fraction of sp³-hybridized carbons (Fsp3) is 0.467. The molecule has 21 heavy (non-hydrogen) atoms. The number of carbonyl (C=O) groups excluding carboxylic acids is 1. The highest BCUT2D eigenvalue weighted by molar-refractivity contribution is 5.83. The van der Waals surface area contributed by atoms with Crippen molar-refractivity contribution in [2.45, 2.75) is 19.9 Å². The number of hydrogen-bond acceptors (Lipinski definition) is 3. The zero-order valence-corrected chi connectivity index (χ0v) is 12.3. The highest BCUT2D eigenvalue weighted by Crippen LogP contribution is 2.12. The van der Waals surface area contributed by atoms with Crippen LogP contribution in [0.2, 0.25) is 0 Å². The van der Waals surface area contributed by atoms with E-state index in [1.807, 2.05) is 13.8 Å². The van der Waals surface area contributed by atoms with Crippen molar-refractivity contribution in [2.75, 3.05) is 19.8 Å². The number of hydrogen-bond donors (Lipinski definition) is 3. The number of ether oxygens (including phenoxy) is 1. The lowest BCUT2D eigenvalue weighted by Crippen LogP contribution is -2.42. The monoisotopic (exact) mass is 294 g/mol. The van der Waals surface area contributed by atoms with Crippen LogP contribution in [0.1, 0.15) is 25.5 Å². The Labute approximate surface area is 124 Å². The molecule has 0 aliphatic rings. The van der Waals surface area contributed by atoms with Crippen molar-refractivity contribution in [1.82, 2.24) is 10.6 Å². The van der Waals surface area contributed by atoms with E-state index < -0.39 is 18.0 Å². The molecule has 0 radical (unpaired) electrons. The van der Waals surface area contributed by atoms with Crippen LogP contribution in [-0.2, 0) is 9.53 Å². The molecule has 1 atom stereocenters. The minimum Gasteiger partial charge on any atom is -0.479 e. The molecule has 0 saturated carbocycles. The predicted molar refractivity (Wildman–Crippen MR) is 79.0 cm³/mol. The van der Waals surface area contributed by atoms with Crippen LogP contribution in [0.25, 0.3) is 0 Å². The fourth-order valence-electron chi connectivity index (χ4n) is 1.67. The summed E-state index contributed by atoms with van der Waals surface area (Å²) in [5, 5.41) is 14.2. The first-order valence-corrected chi connectivity index (χ1v) is 6.90. The van der Waals surface area contributed by atoms with E-state index in [2.05, 4.69) is 10.6 Å². The van der Waals surface area contributed by atoms with Crippen LogP contribution in [0.4, 0.5) is 4.79 Å². The standard InChI is InChI=1S/C15H22N2O4/c1-11(2)10-21-9-8-16-15(20)17-13(14(18)19)12-6-4-3-5-7-12/h3-7,11,13H,8-10H2,1-2H3,(H,18,19)(H2,16,17,20)/t13-/m1/s1. The second kappa shape index (κ2) is 8.97. The van der Waals surface area contributed by atoms with Gasteiger partial charge in [0.1, 0.15) is 0 Å². The van der Waals surface area contributed by atoms with Gasteiger partial charge in [-0.15, -0.1) is 0 Å². The highest BCUT2D eigenvalue weighted by atomic mass is 16.5. The summed E-state index contributed by atoms with van der Waals surface area (Å²) in [6, 6.07) is 6.96. The molecule has 0 spiro atoms. The van der Waals surface area contributed by atoms with Crippen molar-refractivity contribution in [2.24, 2.45) is 5.92 Å². The van der Waals surface area contributed by atoms with Crippen LogP contribution < -0.4 is 10.6 Å². The zero-order valence-electron chi connectivity index (χ0n) is 12.3. The van der Waals surface area contributed by atoms with Crippen LogP contribution in [0, 0.1) is 5.92 Å². The lowest BCUT2D eigenvalue weighted by Gasteiger charge is -2.15. The molecule has 2 amide bonds. The predicted octanol–water partition coefficient (Wildman–Crippen LogP) is 1.78. The Bertz CT molecular complexity index is 448. The summed E-state index contributed by atoms with van der Waals surface area (Å²) < 4.78 is 5.32. The molecule has 0 saturated heterocycles. The average Bonchev–Trinajstić information content (AvgIpc) is 2.44. The first-order chi connectivity index (χ1) is 10.0. The van der Waals surface area contributed by atoms with Gasteiger partial charge in [0.05, 0.1) is 6.61 Å². The molecule has 0 bridgehead atoms. The van der Waals surface area contributed by atoms with Gasteiger partial charge in [-0.1, -0.05) is 44.2 Å². The van der Waals surface area contributed by atoms with Gasteiger partial charge in [-0.2, -0.15) is 0 Å². The molecule has 3 N–H and O–H groups in total. The third-order valence-electron chi connectivity index (χ3n) is 2.64. The van der Waals surface area contributed by atoms with E-state index in [9.17, 15) is 14.7 Å². The van der Waals surface area contributed by atoms with Gasteiger partial charge >= 0.3 is 12.0 Å². The Balaban J connectivity index is 2.39. The van der Waals surface area contributed by atoms with Gasteiger partial charge in [-0.05, 0) is 11.5 Å². The van der Waals surface area contributed by atoms with Gasteiger partial charge in [-0.25, -0.2) is 9.59 Å². The molecule has 1 aromatic carbocycles. The first-order valence-electron chi connectivity index (χ1n) is 6.90. The Hall–Kier alpha value is -2.08. The molecule has 1 rings (SSSR count). The topological polar surface area (TPSA) is 87.7 Å². The Morgan fingerprint density at radius 1 is 1.24 bits per heavy atom. The largest absolute Gasteiger partial charge is 0.479 e. The third kappa shape index (κ3) is 6.76. The molecule has 0 aliphatic heterocycles. The molecule has 6 heteroatoms. The summed E-state index contributed by atoms with van der Waals surface area (Å²) in [6.07, 6.45) is 0. The van der Waals surface area contributed by atoms with Crippen molar-refractivity contribution < 1.29 is 19.4 Å². The highest BCUT2D eigenvalue weighted by Gasteiger charge is 2.21. The first kappa shape index (κ1) is 17.0. The number of urea groups is 1. The van der Waals surface area contributed by atoms with E-state index in [4.69, 9.17) is 4.74 Å². The van der Waals surface area contributed by atoms with Crippen LogP contribution in [-0.4, -0.2) is 36.9 Å². The molecule has 0 heterocycles. The lowest BCUT2D eigenvalue weighted by atomic mass is 10.1. The molecule has 6 nitrogen and oxygen atoms in total. The zero-order chi connectivity index (χ0) is 15.7. The van der Waals surface area contributed by atoms with E-state index in [-0.39, 0.29) is 0 Å². The quantitative estimate of drug-likeness (QED) is 0.638. The molecule has 0 aromatic heterocycles. The van der Waals surface area contributed by atoms with Gasteiger partial charge in [0.25, 0.3) is 0 Å². The van der Waals surface area contributed by atoms with Crippen molar-refractivity contribution in [3.05, 3.63) is 35.9 Å². The molecular formula is C15H22N2O4. The summed E-state index contributed by atoms with van der Waals surface area (Å²) >= 11 is 0. The maximum Gasteiger partial charge on any atom is 0.330 e. The van der Waals surface area contributed by atoms with Gasteiger partial charge in [0.2, 0.25) is 0 Å². The summed E-state index contributed by atoms with van der Waals surface area (Å²) in [7, 11) is 0. The lowest BCUT2D eigenvalue weighted by molar-refractivity contribution is -0.139. The second-order valence-electron chi connectivity index (χ2n) is 5.05. The molecule has 1 aromatic rings. The molecule has 0 fully saturated rings. The van der Waals surface area contributed by atoms with Gasteiger partial charge in [-0.3, -0.25) is 0 Å². The number of amides is 2. The Morgan fingerprint density at radius 2 is 1.90 bits per heavy atom. The minimum absolute atomic E-state index is 0.333. The second-order valence-corrected chi connectivity index (χ2v) is 5.05. The maximum atomic E-state index is 11.7. The van der Waals surface area contributed by atoms with Crippen LogP contribution in [0.5, 0.6) is 0 Å². The summed E-state index contributed by atoms with van der Waals surface area (Å²) in [6.45, 7) is 5.44. The number of benzene rings is 1. The fourth-order valence-corrected chi connectivity index (χ4v) is 1.67. The molecule has 0 unspecified atom stereocenters. The maximum absolute atomic E-state index is 11.7. The van der Waals surface area contributed by atoms with Crippen molar-refractivity contribution in [3.63, 3.8) is 0 Å². The summed E-state index contributed by atoms with van der Waals surface area (Å²) in [5.41, 5.74) is 0.524. The normalized spacial score (nSPS) is 12.0. The Morgan fingerprint density at radius 3 is 2.48 bits per heavy atom.